The first-order chi connectivity index (χ1) is 38.3. The van der Waals surface area contributed by atoms with Crippen molar-refractivity contribution in [2.75, 3.05) is 26.4 Å². The van der Waals surface area contributed by atoms with E-state index >= 15 is 0 Å². The van der Waals surface area contributed by atoms with Crippen LogP contribution in [0.2, 0.25) is 0 Å². The molecule has 0 atom stereocenters. The maximum Gasteiger partial charge on any atom is 0.175 e. The number of benzene rings is 4. The van der Waals surface area contributed by atoms with Crippen molar-refractivity contribution in [3.8, 4) is 23.0 Å². The zero-order valence-corrected chi connectivity index (χ0v) is 59.3. The van der Waals surface area contributed by atoms with Gasteiger partial charge in [0.15, 0.2) is 23.1 Å². The molecule has 0 aliphatic carbocycles. The molecular formula is C72H104O8S4. The highest BCUT2D eigenvalue weighted by molar-refractivity contribution is 7.98. The number of Topliss-reactive ketones (excluding diaryl/α,β-unsaturated/α-hetero) is 4. The number of ketones is 4. The van der Waals surface area contributed by atoms with Crippen LogP contribution in [0.5, 0.6) is 23.0 Å². The molecule has 1 aliphatic rings. The first-order valence-corrected chi connectivity index (χ1v) is 34.6. The van der Waals surface area contributed by atoms with Gasteiger partial charge in [-0.1, -0.05) is 215 Å². The van der Waals surface area contributed by atoms with Crippen LogP contribution in [-0.4, -0.2) is 49.6 Å². The van der Waals surface area contributed by atoms with Crippen LogP contribution in [0.15, 0.2) is 48.5 Å². The minimum Gasteiger partial charge on any atom is -0.485 e. The molecule has 0 spiro atoms. The van der Waals surface area contributed by atoms with Crippen molar-refractivity contribution in [3.05, 3.63) is 115 Å². The van der Waals surface area contributed by atoms with Gasteiger partial charge in [0.1, 0.15) is 49.4 Å². The lowest BCUT2D eigenvalue weighted by atomic mass is 9.85. The van der Waals surface area contributed by atoms with Gasteiger partial charge >= 0.3 is 0 Å². The maximum absolute atomic E-state index is 13.7. The SMILES string of the molecule is CC(C)(C)C(=O)COc1c2cc(C(C)(C)C)cc1CSCc1cc(C(C)(C)C)cc(c1OCC(=O)C(C)(C)C)CSCc1cc(C(C)(C)C)cc(c1OCC(=O)C(C)(C)C)CSCc1cc(C(C)(C)C)cc(c1OCC(=O)C(C)(C)C)CSC2. The zero-order valence-electron chi connectivity index (χ0n) is 56.0. The van der Waals surface area contributed by atoms with Gasteiger partial charge < -0.3 is 18.9 Å². The van der Waals surface area contributed by atoms with Crippen molar-refractivity contribution in [3.63, 3.8) is 0 Å². The molecular weight excluding hydrogens is 1120 g/mol. The highest BCUT2D eigenvalue weighted by Crippen LogP contribution is 2.44. The van der Waals surface area contributed by atoms with Gasteiger partial charge in [-0.25, -0.2) is 0 Å². The van der Waals surface area contributed by atoms with Crippen molar-refractivity contribution >= 4 is 70.2 Å². The molecule has 12 heteroatoms. The molecule has 1 aliphatic heterocycles. The lowest BCUT2D eigenvalue weighted by Gasteiger charge is -2.27. The summed E-state index contributed by atoms with van der Waals surface area (Å²) in [4.78, 5) is 54.9. The van der Waals surface area contributed by atoms with Gasteiger partial charge in [-0.15, -0.1) is 0 Å². The molecule has 84 heavy (non-hydrogen) atoms. The van der Waals surface area contributed by atoms with Gasteiger partial charge in [-0.3, -0.25) is 19.2 Å². The first-order valence-electron chi connectivity index (χ1n) is 30.0. The maximum atomic E-state index is 13.7. The standard InChI is InChI=1S/C72H104O8S4/c1-65(2,3)53-25-45-37-81-39-47-27-54(66(4,5)6)29-49(62(47)78-34-58(74)70(16,17)18)41-83-43-51-31-56(68(10,11)12)32-52(64(51)80-36-60(76)72(22,23)24)44-84-42-50-30-55(67(7,8)9)28-48(63(50)79-35-59(75)71(19,20)21)40-82-38-46(26-53)61(45)77-33-57(73)69(13,14)15/h25-32H,33-44H2,1-24H3. The Morgan fingerprint density at radius 1 is 0.274 bits per heavy atom. The molecule has 0 aromatic heterocycles. The van der Waals surface area contributed by atoms with E-state index in [-0.39, 0.29) is 71.2 Å². The van der Waals surface area contributed by atoms with Crippen LogP contribution < -0.4 is 18.9 Å². The summed E-state index contributed by atoms with van der Waals surface area (Å²) in [6.07, 6.45) is 0. The van der Waals surface area contributed by atoms with Crippen LogP contribution in [-0.2, 0) is 86.9 Å². The molecule has 0 amide bonds. The molecule has 0 saturated carbocycles. The van der Waals surface area contributed by atoms with Crippen LogP contribution in [0.3, 0.4) is 0 Å². The number of rotatable bonds is 12. The average molecular weight is 1230 g/mol. The number of thioether (sulfide) groups is 4. The summed E-state index contributed by atoms with van der Waals surface area (Å²) in [6, 6.07) is 18.1. The molecule has 0 N–H and O–H groups in total. The molecule has 5 rings (SSSR count). The molecule has 0 radical (unpaired) electrons. The summed E-state index contributed by atoms with van der Waals surface area (Å²) in [5.41, 5.74) is 9.70. The molecule has 1 heterocycles. The fourth-order valence-corrected chi connectivity index (χ4v) is 12.7. The summed E-state index contributed by atoms with van der Waals surface area (Å²) in [5, 5.41) is 0. The van der Waals surface area contributed by atoms with Crippen LogP contribution in [0.25, 0.3) is 0 Å². The number of hydrogen-bond donors (Lipinski definition) is 0. The Morgan fingerprint density at radius 2 is 0.405 bits per heavy atom. The van der Waals surface area contributed by atoms with Crippen molar-refractivity contribution in [1.29, 1.82) is 0 Å². The summed E-state index contributed by atoms with van der Waals surface area (Å²) in [6.45, 7) is 49.9. The van der Waals surface area contributed by atoms with E-state index in [4.69, 9.17) is 18.9 Å². The van der Waals surface area contributed by atoms with E-state index in [1.165, 1.54) is 22.3 Å². The Morgan fingerprint density at radius 3 is 0.512 bits per heavy atom. The van der Waals surface area contributed by atoms with E-state index in [2.05, 4.69) is 132 Å². The molecule has 0 unspecified atom stereocenters. The van der Waals surface area contributed by atoms with Gasteiger partial charge in [-0.05, 0) is 43.9 Å². The quantitative estimate of drug-likeness (QED) is 0.135. The predicted molar refractivity (Wildman–Crippen MR) is 360 cm³/mol. The third-order valence-electron chi connectivity index (χ3n) is 15.2. The predicted octanol–water partition coefficient (Wildman–Crippen LogP) is 18.9. The number of hydrogen-bond acceptors (Lipinski definition) is 12. The Kier molecular flexibility index (Phi) is 23.4. The molecule has 8 bridgehead atoms. The van der Waals surface area contributed by atoms with E-state index in [1.54, 1.807) is 47.0 Å². The number of carbonyl (C=O) groups excluding carboxylic acids is 4. The molecule has 4 aromatic rings. The highest BCUT2D eigenvalue weighted by atomic mass is 32.2. The largest absolute Gasteiger partial charge is 0.485 e. The first kappa shape index (κ1) is 70.9. The van der Waals surface area contributed by atoms with Gasteiger partial charge in [-0.2, -0.15) is 47.0 Å². The highest BCUT2D eigenvalue weighted by Gasteiger charge is 2.31. The van der Waals surface area contributed by atoms with E-state index in [0.717, 1.165) is 67.5 Å². The Labute approximate surface area is 525 Å². The van der Waals surface area contributed by atoms with Gasteiger partial charge in [0.05, 0.1) is 0 Å². The van der Waals surface area contributed by atoms with Crippen molar-refractivity contribution in [1.82, 2.24) is 0 Å². The Bertz CT molecular complexity index is 2500. The van der Waals surface area contributed by atoms with Crippen molar-refractivity contribution < 1.29 is 38.1 Å². The second-order valence-electron chi connectivity index (χ2n) is 31.3. The van der Waals surface area contributed by atoms with Gasteiger partial charge in [0.2, 0.25) is 0 Å². The van der Waals surface area contributed by atoms with Crippen molar-refractivity contribution in [2.24, 2.45) is 21.7 Å². The second-order valence-corrected chi connectivity index (χ2v) is 35.3. The molecule has 4 aromatic carbocycles. The number of fused-ring (bicyclic) bond motifs is 8. The monoisotopic (exact) mass is 1220 g/mol. The Balaban J connectivity index is 1.82. The fraction of sp³-hybridized carbons (Fsp3) is 0.611. The molecule has 0 saturated heterocycles. The van der Waals surface area contributed by atoms with Gasteiger partial charge in [0, 0.05) is 112 Å². The summed E-state index contributed by atoms with van der Waals surface area (Å²) >= 11 is 7.10. The normalized spacial score (nSPS) is 15.0. The topological polar surface area (TPSA) is 105 Å². The molecule has 464 valence electrons. The number of ether oxygens (including phenoxy) is 4. The van der Waals surface area contributed by atoms with Crippen molar-refractivity contribution in [2.45, 2.75) is 234 Å². The second kappa shape index (κ2) is 27.7. The summed E-state index contributed by atoms with van der Waals surface area (Å²) in [7, 11) is 0. The summed E-state index contributed by atoms with van der Waals surface area (Å²) < 4.78 is 27.2. The third-order valence-corrected chi connectivity index (χ3v) is 19.4. The van der Waals surface area contributed by atoms with E-state index < -0.39 is 21.7 Å². The summed E-state index contributed by atoms with van der Waals surface area (Å²) in [5.74, 6) is 7.74. The lowest BCUT2D eigenvalue weighted by Crippen LogP contribution is -2.27. The van der Waals surface area contributed by atoms with Crippen LogP contribution in [0.1, 0.15) is 233 Å². The number of carbonyl (C=O) groups is 4. The fourth-order valence-electron chi connectivity index (χ4n) is 8.85. The van der Waals surface area contributed by atoms with E-state index in [1.807, 2.05) is 83.1 Å². The van der Waals surface area contributed by atoms with Crippen LogP contribution in [0, 0.1) is 21.7 Å². The molecule has 0 fully saturated rings. The van der Waals surface area contributed by atoms with Crippen LogP contribution in [0.4, 0.5) is 0 Å². The van der Waals surface area contributed by atoms with Gasteiger partial charge in [0.25, 0.3) is 0 Å². The van der Waals surface area contributed by atoms with E-state index in [0.29, 0.717) is 46.0 Å². The minimum atomic E-state index is -0.590. The van der Waals surface area contributed by atoms with E-state index in [9.17, 15) is 19.2 Å². The smallest absolute Gasteiger partial charge is 0.175 e. The lowest BCUT2D eigenvalue weighted by molar-refractivity contribution is -0.129. The third kappa shape index (κ3) is 20.1. The minimum absolute atomic E-state index is 0.0208. The zero-order chi connectivity index (χ0) is 63.3. The average Bonchev–Trinajstić information content (AvgIpc) is 3.14. The molecule has 8 nitrogen and oxygen atoms in total. The Hall–Kier alpha value is -3.84. The van der Waals surface area contributed by atoms with Crippen LogP contribution >= 0.6 is 47.0 Å².